The topological polar surface area (TPSA) is 76.8 Å². The summed E-state index contributed by atoms with van der Waals surface area (Å²) in [6.07, 6.45) is 1.52. The van der Waals surface area contributed by atoms with Gasteiger partial charge in [0.05, 0.1) is 5.57 Å². The van der Waals surface area contributed by atoms with Gasteiger partial charge < -0.3 is 14.1 Å². The number of aryl methyl sites for hydroxylation is 1. The first-order valence-electron chi connectivity index (χ1n) is 9.03. The van der Waals surface area contributed by atoms with Crippen LogP contribution in [-0.4, -0.2) is 18.7 Å². The molecule has 1 aliphatic carbocycles. The lowest BCUT2D eigenvalue weighted by Crippen LogP contribution is -2.49. The lowest BCUT2D eigenvalue weighted by Gasteiger charge is -2.38. The van der Waals surface area contributed by atoms with Crippen LogP contribution in [0.5, 0.6) is 5.75 Å². The predicted octanol–water partition coefficient (Wildman–Crippen LogP) is 3.37. The highest BCUT2D eigenvalue weighted by Gasteiger charge is 2.61. The quantitative estimate of drug-likeness (QED) is 0.626. The van der Waals surface area contributed by atoms with Gasteiger partial charge in [0.2, 0.25) is 5.91 Å². The lowest BCUT2D eigenvalue weighted by molar-refractivity contribution is -0.124. The van der Waals surface area contributed by atoms with Crippen molar-refractivity contribution in [1.82, 2.24) is 0 Å². The molecule has 28 heavy (non-hydrogen) atoms. The number of anilines is 1. The average molecular weight is 442 g/mol. The number of benzene rings is 1. The van der Waals surface area contributed by atoms with Gasteiger partial charge in [-0.1, -0.05) is 22.0 Å². The molecular formula is C21H16BrNO5. The van der Waals surface area contributed by atoms with Crippen LogP contribution in [0.1, 0.15) is 36.1 Å². The number of carbonyl (C=O) groups is 2. The summed E-state index contributed by atoms with van der Waals surface area (Å²) in [5.74, 6) is 0.652. The molecule has 0 unspecified atom stereocenters. The standard InChI is InChI=1S/C21H16BrNO5/c1-10-8-16-18(19(25)27-10)21(17-14(24)4-3-5-15(17)28-16)12-7-6-11(22)9-13(12)23(2)20(21)26/h6-9H,3-5H2,1-2H3/t21-/m0/s1. The second-order valence-electron chi connectivity index (χ2n) is 7.34. The molecule has 0 saturated heterocycles. The van der Waals surface area contributed by atoms with Gasteiger partial charge in [0.15, 0.2) is 5.78 Å². The molecule has 0 N–H and O–H groups in total. The van der Waals surface area contributed by atoms with Crippen LogP contribution in [0.3, 0.4) is 0 Å². The summed E-state index contributed by atoms with van der Waals surface area (Å²) < 4.78 is 12.1. The minimum atomic E-state index is -1.53. The second-order valence-corrected chi connectivity index (χ2v) is 8.25. The van der Waals surface area contributed by atoms with E-state index in [1.807, 2.05) is 12.1 Å². The summed E-state index contributed by atoms with van der Waals surface area (Å²) >= 11 is 3.44. The van der Waals surface area contributed by atoms with Crippen LogP contribution in [0.2, 0.25) is 0 Å². The Labute approximate surface area is 168 Å². The third-order valence-corrected chi connectivity index (χ3v) is 6.23. The minimum absolute atomic E-state index is 0.0880. The summed E-state index contributed by atoms with van der Waals surface area (Å²) in [5.41, 5.74) is -0.564. The number of Topliss-reactive ketones (excluding diaryl/α,β-unsaturated/α-hetero) is 1. The van der Waals surface area contributed by atoms with Crippen LogP contribution in [0.15, 0.2) is 49.3 Å². The van der Waals surface area contributed by atoms with Crippen LogP contribution in [0.25, 0.3) is 0 Å². The van der Waals surface area contributed by atoms with Crippen LogP contribution in [0, 0.1) is 6.92 Å². The van der Waals surface area contributed by atoms with E-state index in [0.717, 1.165) is 4.47 Å². The Kier molecular flexibility index (Phi) is 3.53. The van der Waals surface area contributed by atoms with E-state index in [-0.39, 0.29) is 22.8 Å². The monoisotopic (exact) mass is 441 g/mol. The smallest absolute Gasteiger partial charge is 0.344 e. The normalized spacial score (nSPS) is 22.9. The minimum Gasteiger partial charge on any atom is -0.460 e. The molecule has 1 aromatic heterocycles. The fourth-order valence-electron chi connectivity index (χ4n) is 4.65. The fourth-order valence-corrected chi connectivity index (χ4v) is 5.00. The largest absolute Gasteiger partial charge is 0.460 e. The SMILES string of the molecule is Cc1cc2c(c(=O)o1)[C@@]1(C(=O)N(C)c3cc(Br)ccc31)C1=C(CCCC1=O)O2. The number of likely N-dealkylation sites (N-methyl/N-ethyl adjacent to an activating group) is 1. The maximum absolute atomic E-state index is 13.7. The number of ketones is 1. The maximum atomic E-state index is 13.7. The molecule has 0 radical (unpaired) electrons. The highest BCUT2D eigenvalue weighted by Crippen LogP contribution is 2.56. The molecule has 6 nitrogen and oxygen atoms in total. The Hall–Kier alpha value is -2.67. The molecule has 1 amide bonds. The van der Waals surface area contributed by atoms with E-state index in [9.17, 15) is 14.4 Å². The summed E-state index contributed by atoms with van der Waals surface area (Å²) in [6.45, 7) is 1.65. The first kappa shape index (κ1) is 17.4. The average Bonchev–Trinajstić information content (AvgIpc) is 2.83. The Bertz CT molecular complexity index is 1180. The zero-order chi connectivity index (χ0) is 19.8. The third-order valence-electron chi connectivity index (χ3n) is 5.74. The summed E-state index contributed by atoms with van der Waals surface area (Å²) in [7, 11) is 1.65. The van der Waals surface area contributed by atoms with Gasteiger partial charge in [0, 0.05) is 41.7 Å². The van der Waals surface area contributed by atoms with Crippen molar-refractivity contribution in [3.63, 3.8) is 0 Å². The van der Waals surface area contributed by atoms with Crippen molar-refractivity contribution >= 4 is 33.3 Å². The van der Waals surface area contributed by atoms with Crippen LogP contribution < -0.4 is 15.3 Å². The number of allylic oxidation sites excluding steroid dienone is 1. The lowest BCUT2D eigenvalue weighted by atomic mass is 9.65. The number of nitrogens with zero attached hydrogens (tertiary/aromatic N) is 1. The van der Waals surface area contributed by atoms with E-state index >= 15 is 0 Å². The van der Waals surface area contributed by atoms with Gasteiger partial charge in [-0.25, -0.2) is 4.79 Å². The zero-order valence-corrected chi connectivity index (χ0v) is 16.9. The van der Waals surface area contributed by atoms with Crippen molar-refractivity contribution in [2.75, 3.05) is 11.9 Å². The predicted molar refractivity (Wildman–Crippen MR) is 105 cm³/mol. The van der Waals surface area contributed by atoms with E-state index in [1.54, 1.807) is 26.1 Å². The van der Waals surface area contributed by atoms with E-state index in [2.05, 4.69) is 15.9 Å². The molecule has 7 heteroatoms. The number of ether oxygens (including phenoxy) is 1. The molecular weight excluding hydrogens is 426 g/mol. The maximum Gasteiger partial charge on any atom is 0.344 e. The van der Waals surface area contributed by atoms with Gasteiger partial charge in [-0.05, 0) is 25.5 Å². The van der Waals surface area contributed by atoms with Crippen molar-refractivity contribution in [2.45, 2.75) is 31.6 Å². The summed E-state index contributed by atoms with van der Waals surface area (Å²) in [5, 5.41) is 0. The molecule has 1 spiro atoms. The van der Waals surface area contributed by atoms with Crippen molar-refractivity contribution in [3.8, 4) is 5.75 Å². The summed E-state index contributed by atoms with van der Waals surface area (Å²) in [4.78, 5) is 41.3. The molecule has 142 valence electrons. The van der Waals surface area contributed by atoms with Gasteiger partial charge in [-0.3, -0.25) is 9.59 Å². The van der Waals surface area contributed by atoms with Crippen molar-refractivity contribution in [1.29, 1.82) is 0 Å². The van der Waals surface area contributed by atoms with Crippen molar-refractivity contribution in [2.24, 2.45) is 0 Å². The van der Waals surface area contributed by atoms with E-state index in [1.165, 1.54) is 4.90 Å². The Morgan fingerprint density at radius 2 is 1.93 bits per heavy atom. The molecule has 1 aromatic carbocycles. The number of halogens is 1. The number of hydrogen-bond donors (Lipinski definition) is 0. The molecule has 3 heterocycles. The third kappa shape index (κ3) is 2.00. The van der Waals surface area contributed by atoms with Gasteiger partial charge in [0.25, 0.3) is 0 Å². The molecule has 3 aliphatic rings. The summed E-state index contributed by atoms with van der Waals surface area (Å²) in [6, 6.07) is 7.04. The number of hydrogen-bond acceptors (Lipinski definition) is 5. The molecule has 0 saturated carbocycles. The van der Waals surface area contributed by atoms with Crippen LogP contribution in [0.4, 0.5) is 5.69 Å². The van der Waals surface area contributed by atoms with E-state index in [4.69, 9.17) is 9.15 Å². The van der Waals surface area contributed by atoms with Crippen molar-refractivity contribution < 1.29 is 18.7 Å². The van der Waals surface area contributed by atoms with Gasteiger partial charge in [-0.2, -0.15) is 0 Å². The number of rotatable bonds is 0. The van der Waals surface area contributed by atoms with E-state index in [0.29, 0.717) is 47.8 Å². The fraction of sp³-hybridized carbons (Fsp3) is 0.286. The van der Waals surface area contributed by atoms with Gasteiger partial charge in [-0.15, -0.1) is 0 Å². The molecule has 2 aromatic rings. The van der Waals surface area contributed by atoms with Crippen LogP contribution >= 0.6 is 15.9 Å². The Morgan fingerprint density at radius 1 is 1.14 bits per heavy atom. The number of fused-ring (bicyclic) bond motifs is 5. The van der Waals surface area contributed by atoms with Gasteiger partial charge in [0.1, 0.15) is 28.2 Å². The van der Waals surface area contributed by atoms with Crippen molar-refractivity contribution in [3.05, 3.63) is 67.4 Å². The second kappa shape index (κ2) is 5.67. The highest BCUT2D eigenvalue weighted by molar-refractivity contribution is 9.10. The Balaban J connectivity index is 1.98. The van der Waals surface area contributed by atoms with Gasteiger partial charge >= 0.3 is 5.63 Å². The van der Waals surface area contributed by atoms with E-state index < -0.39 is 11.0 Å². The highest BCUT2D eigenvalue weighted by atomic mass is 79.9. The molecule has 1 atom stereocenters. The first-order valence-corrected chi connectivity index (χ1v) is 9.83. The number of amides is 1. The van der Waals surface area contributed by atoms with Crippen LogP contribution in [-0.2, 0) is 15.0 Å². The molecule has 2 aliphatic heterocycles. The zero-order valence-electron chi connectivity index (χ0n) is 15.3. The molecule has 0 bridgehead atoms. The number of carbonyl (C=O) groups excluding carboxylic acids is 2. The molecule has 0 fully saturated rings. The first-order chi connectivity index (χ1) is 13.4. The Morgan fingerprint density at radius 3 is 2.71 bits per heavy atom. The molecule has 5 rings (SSSR count).